The Labute approximate surface area is 227 Å². The van der Waals surface area contributed by atoms with Crippen molar-refractivity contribution in [2.24, 2.45) is 5.28 Å². The molecular weight excluding hydrogens is 518 g/mol. The van der Waals surface area contributed by atoms with Gasteiger partial charge in [0.1, 0.15) is 0 Å². The van der Waals surface area contributed by atoms with E-state index in [2.05, 4.69) is 15.5 Å². The summed E-state index contributed by atoms with van der Waals surface area (Å²) in [4.78, 5) is 42.9. The molecule has 1 aliphatic heterocycles. The Morgan fingerprint density at radius 3 is 2.52 bits per heavy atom. The molecule has 1 N–H and O–H groups in total. The number of carbonyl (C=O) groups is 1. The Morgan fingerprint density at radius 2 is 1.77 bits per heavy atom. The first kappa shape index (κ1) is 26.3. The molecule has 1 fully saturated rings. The molecule has 0 aliphatic carbocycles. The van der Waals surface area contributed by atoms with Crippen LogP contribution >= 0.6 is 0 Å². The van der Waals surface area contributed by atoms with Gasteiger partial charge in [0, 0.05) is 36.5 Å². The van der Waals surface area contributed by atoms with Crippen LogP contribution in [0.15, 0.2) is 76.8 Å². The Morgan fingerprint density at radius 1 is 1.02 bits per heavy atom. The van der Waals surface area contributed by atoms with Crippen molar-refractivity contribution in [2.45, 2.75) is 13.3 Å². The van der Waals surface area contributed by atoms with E-state index in [-0.39, 0.29) is 54.1 Å². The lowest BCUT2D eigenvalue weighted by molar-refractivity contribution is -0.708. The van der Waals surface area contributed by atoms with Gasteiger partial charge in [0.15, 0.2) is 0 Å². The van der Waals surface area contributed by atoms with E-state index in [1.807, 2.05) is 18.2 Å². The van der Waals surface area contributed by atoms with Gasteiger partial charge >= 0.3 is 5.69 Å². The summed E-state index contributed by atoms with van der Waals surface area (Å²) >= 11 is 0. The third kappa shape index (κ3) is 5.57. The Hall–Kier alpha value is -5.33. The molecule has 13 heteroatoms. The first-order valence-electron chi connectivity index (χ1n) is 12.5. The number of benzene rings is 3. The molecule has 40 heavy (non-hydrogen) atoms. The summed E-state index contributed by atoms with van der Waals surface area (Å²) in [5, 5.41) is 36.6. The molecule has 1 aliphatic rings. The minimum Gasteiger partial charge on any atom is -0.569 e. The number of nitro groups is 1. The Bertz CT molecular complexity index is 1680. The van der Waals surface area contributed by atoms with Gasteiger partial charge in [0.2, 0.25) is 11.0 Å². The average molecular weight is 544 g/mol. The summed E-state index contributed by atoms with van der Waals surface area (Å²) in [5.41, 5.74) is 2.19. The lowest BCUT2D eigenvalue weighted by atomic mass is 10.0. The van der Waals surface area contributed by atoms with E-state index in [0.29, 0.717) is 28.6 Å². The van der Waals surface area contributed by atoms with Crippen molar-refractivity contribution in [2.75, 3.05) is 26.2 Å². The minimum absolute atomic E-state index is 0.143. The largest absolute Gasteiger partial charge is 0.569 e. The Kier molecular flexibility index (Phi) is 7.35. The quantitative estimate of drug-likeness (QED) is 0.161. The number of nitrogens with zero attached hydrogens (tertiary/aromatic N) is 6. The molecule has 5 rings (SSSR count). The highest BCUT2D eigenvalue weighted by atomic mass is 16.7. The van der Waals surface area contributed by atoms with Crippen molar-refractivity contribution < 1.29 is 19.5 Å². The summed E-state index contributed by atoms with van der Waals surface area (Å²) in [5.74, 6) is -0.322. The van der Waals surface area contributed by atoms with Gasteiger partial charge in [0.05, 0.1) is 34.1 Å². The van der Waals surface area contributed by atoms with Crippen LogP contribution in [0.3, 0.4) is 0 Å². The zero-order valence-electron chi connectivity index (χ0n) is 21.5. The highest BCUT2D eigenvalue weighted by Gasteiger charge is 2.27. The molecule has 13 nitrogen and oxygen atoms in total. The number of H-pyrrole nitrogens is 1. The maximum absolute atomic E-state index is 13.2. The number of aryl methyl sites for hydroxylation is 1. The number of aromatic amines is 1. The van der Waals surface area contributed by atoms with Gasteiger partial charge in [0.25, 0.3) is 11.5 Å². The van der Waals surface area contributed by atoms with E-state index < -0.39 is 4.92 Å². The fourth-order valence-electron chi connectivity index (χ4n) is 4.54. The molecule has 0 atom stereocenters. The molecule has 204 valence electrons. The monoisotopic (exact) mass is 543 g/mol. The van der Waals surface area contributed by atoms with Crippen LogP contribution in [0, 0.1) is 22.2 Å². The number of carbonyl (C=O) groups excluding carboxylic acids is 1. The summed E-state index contributed by atoms with van der Waals surface area (Å²) in [6.07, 6.45) is 0.429. The zero-order valence-corrected chi connectivity index (χ0v) is 21.5. The first-order valence-corrected chi connectivity index (χ1v) is 12.5. The third-order valence-corrected chi connectivity index (χ3v) is 6.63. The lowest BCUT2D eigenvalue weighted by Crippen LogP contribution is -2.50. The van der Waals surface area contributed by atoms with Gasteiger partial charge in [-0.05, 0) is 42.3 Å². The number of piperazine rings is 1. The summed E-state index contributed by atoms with van der Waals surface area (Å²) < 4.78 is 0. The van der Waals surface area contributed by atoms with Crippen molar-refractivity contribution >= 4 is 22.4 Å². The molecule has 2 heterocycles. The second-order valence-electron chi connectivity index (χ2n) is 9.32. The van der Waals surface area contributed by atoms with Gasteiger partial charge in [-0.15, -0.1) is 5.01 Å². The number of rotatable bonds is 7. The van der Waals surface area contributed by atoms with Crippen molar-refractivity contribution in [3.8, 4) is 5.75 Å². The zero-order chi connectivity index (χ0) is 28.2. The molecule has 3 aromatic carbocycles. The SMILES string of the molecule is Cc1ccc(O/N=[N+](\[O-])N2CCN(C(=O)c3cccc(Cc4n[nH]c(=O)c5ccccc45)c3)CC2)c([N+](=O)[O-])c1. The summed E-state index contributed by atoms with van der Waals surface area (Å²) in [6, 6.07) is 18.8. The third-order valence-electron chi connectivity index (χ3n) is 6.63. The number of hydrogen-bond donors (Lipinski definition) is 1. The predicted octanol–water partition coefficient (Wildman–Crippen LogP) is 3.36. The Balaban J connectivity index is 1.22. The maximum atomic E-state index is 13.2. The average Bonchev–Trinajstić information content (AvgIpc) is 2.97. The van der Waals surface area contributed by atoms with Crippen LogP contribution in [0.2, 0.25) is 0 Å². The molecule has 1 amide bonds. The molecule has 1 saturated heterocycles. The van der Waals surface area contributed by atoms with Crippen LogP contribution in [0.5, 0.6) is 5.75 Å². The number of nitrogens with one attached hydrogen (secondary N) is 1. The second-order valence-corrected chi connectivity index (χ2v) is 9.32. The van der Waals surface area contributed by atoms with E-state index >= 15 is 0 Å². The van der Waals surface area contributed by atoms with Crippen LogP contribution in [-0.2, 0) is 6.42 Å². The van der Waals surface area contributed by atoms with Crippen LogP contribution in [0.1, 0.15) is 27.2 Å². The van der Waals surface area contributed by atoms with Gasteiger partial charge in [-0.1, -0.05) is 36.4 Å². The molecular formula is C27H25N7O6. The predicted molar refractivity (Wildman–Crippen MR) is 144 cm³/mol. The van der Waals surface area contributed by atoms with E-state index in [1.54, 1.807) is 48.2 Å². The van der Waals surface area contributed by atoms with Crippen LogP contribution in [-0.4, -0.2) is 62.1 Å². The molecule has 4 aromatic rings. The normalized spacial score (nSPS) is 13.9. The number of amides is 1. The van der Waals surface area contributed by atoms with Gasteiger partial charge in [-0.3, -0.25) is 24.5 Å². The minimum atomic E-state index is -0.605. The standard InChI is InChI=1S/C27H25N7O6/c1-18-9-10-25(24(15-18)33(37)38)40-30-34(39)32-13-11-31(12-14-32)27(36)20-6-4-5-19(16-20)17-23-21-7-2-3-8-22(21)26(35)29-28-23/h2-10,15-16H,11-14,17H2,1H3,(H,29,35)/b34-30-. The van der Waals surface area contributed by atoms with E-state index in [1.165, 1.54) is 17.1 Å². The number of hydrazine groups is 1. The van der Waals surface area contributed by atoms with E-state index in [9.17, 15) is 24.9 Å². The van der Waals surface area contributed by atoms with E-state index in [0.717, 1.165) is 10.9 Å². The van der Waals surface area contributed by atoms with Crippen molar-refractivity contribution in [1.82, 2.24) is 20.1 Å². The topological polar surface area (TPSA) is 160 Å². The smallest absolute Gasteiger partial charge is 0.314 e. The number of nitro benzene ring substituents is 1. The van der Waals surface area contributed by atoms with Crippen LogP contribution in [0.4, 0.5) is 5.69 Å². The van der Waals surface area contributed by atoms with Crippen LogP contribution in [0.25, 0.3) is 10.8 Å². The lowest BCUT2D eigenvalue weighted by Gasteiger charge is -2.31. The first-order chi connectivity index (χ1) is 19.3. The molecule has 0 spiro atoms. The molecule has 0 saturated carbocycles. The second kappa shape index (κ2) is 11.2. The van der Waals surface area contributed by atoms with Crippen molar-refractivity contribution in [3.63, 3.8) is 0 Å². The number of fused-ring (bicyclic) bond motifs is 1. The molecule has 0 unspecified atom stereocenters. The van der Waals surface area contributed by atoms with Gasteiger partial charge in [-0.25, -0.2) is 5.10 Å². The number of hydrogen-bond acceptors (Lipinski definition) is 8. The van der Waals surface area contributed by atoms with Crippen LogP contribution < -0.4 is 10.4 Å². The highest BCUT2D eigenvalue weighted by molar-refractivity contribution is 5.94. The summed E-state index contributed by atoms with van der Waals surface area (Å²) in [7, 11) is 0. The van der Waals surface area contributed by atoms with Crippen molar-refractivity contribution in [3.05, 3.63) is 115 Å². The molecule has 0 radical (unpaired) electrons. The fraction of sp³-hybridized carbons (Fsp3) is 0.222. The molecule has 1 aromatic heterocycles. The highest BCUT2D eigenvalue weighted by Crippen LogP contribution is 2.28. The maximum Gasteiger partial charge on any atom is 0.314 e. The fourth-order valence-corrected chi connectivity index (χ4v) is 4.54. The van der Waals surface area contributed by atoms with Gasteiger partial charge in [-0.2, -0.15) is 5.10 Å². The van der Waals surface area contributed by atoms with E-state index in [4.69, 9.17) is 4.84 Å². The molecule has 0 bridgehead atoms. The summed E-state index contributed by atoms with van der Waals surface area (Å²) in [6.45, 7) is 2.65. The van der Waals surface area contributed by atoms with Crippen molar-refractivity contribution in [1.29, 1.82) is 0 Å². The number of aromatic nitrogens is 2. The van der Waals surface area contributed by atoms with Gasteiger partial charge < -0.3 is 10.1 Å².